The van der Waals surface area contributed by atoms with E-state index in [0.29, 0.717) is 0 Å². The van der Waals surface area contributed by atoms with Gasteiger partial charge in [-0.1, -0.05) is 11.6 Å². The van der Waals surface area contributed by atoms with Crippen molar-refractivity contribution in [1.29, 1.82) is 0 Å². The van der Waals surface area contributed by atoms with Gasteiger partial charge >= 0.3 is 0 Å². The number of carbonyl (C=O) groups is 1. The van der Waals surface area contributed by atoms with Crippen LogP contribution in [0.3, 0.4) is 0 Å². The second-order valence-electron chi connectivity index (χ2n) is 5.34. The summed E-state index contributed by atoms with van der Waals surface area (Å²) in [6, 6.07) is 3.70. The summed E-state index contributed by atoms with van der Waals surface area (Å²) < 4.78 is 18.3. The molecule has 0 aliphatic heterocycles. The first-order chi connectivity index (χ1) is 9.10. The highest BCUT2D eigenvalue weighted by molar-refractivity contribution is 6.32. The van der Waals surface area contributed by atoms with Crippen LogP contribution in [0.25, 0.3) is 0 Å². The van der Waals surface area contributed by atoms with Gasteiger partial charge in [0.2, 0.25) is 0 Å². The van der Waals surface area contributed by atoms with Gasteiger partial charge in [-0.05, 0) is 39.0 Å². The van der Waals surface area contributed by atoms with E-state index >= 15 is 0 Å². The minimum Gasteiger partial charge on any atom is -0.479 e. The van der Waals surface area contributed by atoms with Crippen LogP contribution in [0, 0.1) is 5.82 Å². The van der Waals surface area contributed by atoms with Gasteiger partial charge in [-0.2, -0.15) is 0 Å². The van der Waals surface area contributed by atoms with Gasteiger partial charge in [0.1, 0.15) is 11.6 Å². The fraction of sp³-hybridized carbons (Fsp3) is 0.500. The van der Waals surface area contributed by atoms with E-state index in [2.05, 4.69) is 0 Å². The molecule has 0 heterocycles. The SMILES string of the molecule is CC(Oc1ccc(F)cc1Cl)C(=O)N(C)CC(C)(C)O. The standard InChI is InChI=1S/C14H19ClFNO3/c1-9(13(18)17(4)8-14(2,3)19)20-12-6-5-10(16)7-11(12)15/h5-7,9,19H,8H2,1-4H3. The van der Waals surface area contributed by atoms with Crippen molar-refractivity contribution >= 4 is 17.5 Å². The number of carbonyl (C=O) groups excluding carboxylic acids is 1. The van der Waals surface area contributed by atoms with Crippen LogP contribution >= 0.6 is 11.6 Å². The van der Waals surface area contributed by atoms with Crippen LogP contribution in [-0.2, 0) is 4.79 Å². The third-order valence-corrected chi connectivity index (χ3v) is 2.84. The summed E-state index contributed by atoms with van der Waals surface area (Å²) >= 11 is 5.83. The van der Waals surface area contributed by atoms with Crippen LogP contribution in [0.1, 0.15) is 20.8 Å². The Hall–Kier alpha value is -1.33. The summed E-state index contributed by atoms with van der Waals surface area (Å²) in [6.45, 7) is 4.97. The van der Waals surface area contributed by atoms with Crippen LogP contribution < -0.4 is 4.74 Å². The van der Waals surface area contributed by atoms with Crippen molar-refractivity contribution in [3.63, 3.8) is 0 Å². The second-order valence-corrected chi connectivity index (χ2v) is 5.75. The number of halogens is 2. The Balaban J connectivity index is 2.70. The quantitative estimate of drug-likeness (QED) is 0.909. The summed E-state index contributed by atoms with van der Waals surface area (Å²) in [7, 11) is 1.58. The Bertz CT molecular complexity index is 488. The molecule has 4 nitrogen and oxygen atoms in total. The molecular weight excluding hydrogens is 285 g/mol. The number of aliphatic hydroxyl groups is 1. The van der Waals surface area contributed by atoms with Crippen molar-refractivity contribution in [3.05, 3.63) is 29.0 Å². The van der Waals surface area contributed by atoms with E-state index in [-0.39, 0.29) is 23.2 Å². The number of hydrogen-bond donors (Lipinski definition) is 1. The number of hydrogen-bond acceptors (Lipinski definition) is 3. The van der Waals surface area contributed by atoms with Crippen LogP contribution in [0.2, 0.25) is 5.02 Å². The Morgan fingerprint density at radius 1 is 1.55 bits per heavy atom. The number of ether oxygens (including phenoxy) is 1. The lowest BCUT2D eigenvalue weighted by molar-refractivity contribution is -0.139. The zero-order valence-corrected chi connectivity index (χ0v) is 12.7. The van der Waals surface area contributed by atoms with Gasteiger partial charge in [-0.3, -0.25) is 4.79 Å². The van der Waals surface area contributed by atoms with Crippen LogP contribution in [0.4, 0.5) is 4.39 Å². The third kappa shape index (κ3) is 4.98. The number of rotatable bonds is 5. The minimum atomic E-state index is -0.988. The number of amides is 1. The zero-order chi connectivity index (χ0) is 15.5. The Kier molecular flexibility index (Phi) is 5.36. The molecule has 0 aromatic heterocycles. The summed E-state index contributed by atoms with van der Waals surface area (Å²) in [5, 5.41) is 9.79. The van der Waals surface area contributed by atoms with Crippen LogP contribution in [0.15, 0.2) is 18.2 Å². The van der Waals surface area contributed by atoms with E-state index in [1.54, 1.807) is 27.8 Å². The Morgan fingerprint density at radius 2 is 2.15 bits per heavy atom. The maximum atomic E-state index is 12.9. The van der Waals surface area contributed by atoms with Crippen molar-refractivity contribution in [1.82, 2.24) is 4.90 Å². The molecule has 0 aliphatic rings. The molecular formula is C14H19ClFNO3. The monoisotopic (exact) mass is 303 g/mol. The molecule has 0 saturated heterocycles. The summed E-state index contributed by atoms with van der Waals surface area (Å²) in [4.78, 5) is 13.5. The van der Waals surface area contributed by atoms with Gasteiger partial charge < -0.3 is 14.7 Å². The van der Waals surface area contributed by atoms with E-state index in [1.165, 1.54) is 17.0 Å². The van der Waals surface area contributed by atoms with Crippen LogP contribution in [-0.4, -0.2) is 41.2 Å². The molecule has 20 heavy (non-hydrogen) atoms. The van der Waals surface area contributed by atoms with Gasteiger partial charge in [0.25, 0.3) is 5.91 Å². The second kappa shape index (κ2) is 6.41. The summed E-state index contributed by atoms with van der Waals surface area (Å²) in [5.41, 5.74) is -0.988. The molecule has 1 rings (SSSR count). The molecule has 0 spiro atoms. The summed E-state index contributed by atoms with van der Waals surface area (Å²) in [5.74, 6) is -0.529. The fourth-order valence-electron chi connectivity index (χ4n) is 1.78. The lowest BCUT2D eigenvalue weighted by Crippen LogP contribution is -2.44. The van der Waals surface area contributed by atoms with E-state index in [4.69, 9.17) is 16.3 Å². The molecule has 1 aromatic carbocycles. The maximum absolute atomic E-state index is 12.9. The molecule has 0 radical (unpaired) electrons. The Morgan fingerprint density at radius 3 is 2.65 bits per heavy atom. The molecule has 1 unspecified atom stereocenters. The number of nitrogens with zero attached hydrogens (tertiary/aromatic N) is 1. The first-order valence-corrected chi connectivity index (χ1v) is 6.57. The average Bonchev–Trinajstić information content (AvgIpc) is 2.29. The van der Waals surface area contributed by atoms with E-state index in [0.717, 1.165) is 6.07 Å². The van der Waals surface area contributed by atoms with Gasteiger partial charge in [-0.25, -0.2) is 4.39 Å². The molecule has 1 N–H and O–H groups in total. The third-order valence-electron chi connectivity index (χ3n) is 2.55. The van der Waals surface area contributed by atoms with Crippen LogP contribution in [0.5, 0.6) is 5.75 Å². The van der Waals surface area contributed by atoms with Crippen molar-refractivity contribution in [2.45, 2.75) is 32.5 Å². The minimum absolute atomic E-state index is 0.106. The topological polar surface area (TPSA) is 49.8 Å². The molecule has 1 atom stereocenters. The molecule has 1 amide bonds. The molecule has 112 valence electrons. The normalized spacial score (nSPS) is 12.9. The first kappa shape index (κ1) is 16.7. The highest BCUT2D eigenvalue weighted by Gasteiger charge is 2.24. The fourth-order valence-corrected chi connectivity index (χ4v) is 1.99. The van der Waals surface area contributed by atoms with Gasteiger partial charge in [0, 0.05) is 13.6 Å². The average molecular weight is 304 g/mol. The highest BCUT2D eigenvalue weighted by Crippen LogP contribution is 2.26. The molecule has 0 fully saturated rings. The van der Waals surface area contributed by atoms with Gasteiger partial charge in [-0.15, -0.1) is 0 Å². The maximum Gasteiger partial charge on any atom is 0.263 e. The molecule has 1 aromatic rings. The summed E-state index contributed by atoms with van der Waals surface area (Å²) in [6.07, 6.45) is -0.787. The lowest BCUT2D eigenvalue weighted by atomic mass is 10.1. The molecule has 0 saturated carbocycles. The zero-order valence-electron chi connectivity index (χ0n) is 12.0. The van der Waals surface area contributed by atoms with Gasteiger partial charge in [0.15, 0.2) is 6.10 Å². The molecule has 0 aliphatic carbocycles. The van der Waals surface area contributed by atoms with Crippen molar-refractivity contribution in [2.75, 3.05) is 13.6 Å². The van der Waals surface area contributed by atoms with Gasteiger partial charge in [0.05, 0.1) is 10.6 Å². The number of benzene rings is 1. The number of likely N-dealkylation sites (N-methyl/N-ethyl adjacent to an activating group) is 1. The lowest BCUT2D eigenvalue weighted by Gasteiger charge is -2.28. The van der Waals surface area contributed by atoms with E-state index in [1.807, 2.05) is 0 Å². The predicted molar refractivity (Wildman–Crippen MR) is 75.4 cm³/mol. The highest BCUT2D eigenvalue weighted by atomic mass is 35.5. The largest absolute Gasteiger partial charge is 0.479 e. The van der Waals surface area contributed by atoms with E-state index in [9.17, 15) is 14.3 Å². The van der Waals surface area contributed by atoms with Crippen molar-refractivity contribution < 1.29 is 19.0 Å². The smallest absolute Gasteiger partial charge is 0.263 e. The van der Waals surface area contributed by atoms with E-state index < -0.39 is 17.5 Å². The molecule has 6 heteroatoms. The Labute approximate surface area is 123 Å². The van der Waals surface area contributed by atoms with Crippen molar-refractivity contribution in [2.24, 2.45) is 0 Å². The predicted octanol–water partition coefficient (Wildman–Crippen LogP) is 2.48. The van der Waals surface area contributed by atoms with Crippen molar-refractivity contribution in [3.8, 4) is 5.75 Å². The first-order valence-electron chi connectivity index (χ1n) is 6.19. The molecule has 0 bridgehead atoms.